The smallest absolute Gasteiger partial charge is 0.391 e. The molecule has 1 aromatic heterocycles. The van der Waals surface area contributed by atoms with E-state index in [1.165, 1.54) is 12.3 Å². The second kappa shape index (κ2) is 6.57. The van der Waals surface area contributed by atoms with Crippen molar-refractivity contribution >= 4 is 17.7 Å². The van der Waals surface area contributed by atoms with Gasteiger partial charge >= 0.3 is 6.09 Å². The Balaban J connectivity index is 2.79. The van der Waals surface area contributed by atoms with Gasteiger partial charge in [-0.05, 0) is 33.3 Å². The molecule has 5 heteroatoms. The van der Waals surface area contributed by atoms with Gasteiger partial charge < -0.3 is 9.64 Å². The number of hydrogen-bond acceptors (Lipinski definition) is 3. The maximum absolute atomic E-state index is 12.2. The van der Waals surface area contributed by atoms with E-state index in [0.29, 0.717) is 18.0 Å². The zero-order valence-corrected chi connectivity index (χ0v) is 12.3. The molecule has 0 bridgehead atoms. The van der Waals surface area contributed by atoms with Crippen molar-refractivity contribution in [1.29, 1.82) is 0 Å². The molecular weight excluding hydrogens is 264 g/mol. The van der Waals surface area contributed by atoms with Gasteiger partial charge in [-0.25, -0.2) is 9.78 Å². The van der Waals surface area contributed by atoms with Gasteiger partial charge in [-0.2, -0.15) is 0 Å². The van der Waals surface area contributed by atoms with Crippen molar-refractivity contribution in [2.45, 2.75) is 32.7 Å². The molecule has 0 atom stereocenters. The third-order valence-corrected chi connectivity index (χ3v) is 2.71. The second-order valence-electron chi connectivity index (χ2n) is 5.08. The summed E-state index contributed by atoms with van der Waals surface area (Å²) in [4.78, 5) is 17.7. The molecule has 104 valence electrons. The van der Waals surface area contributed by atoms with E-state index in [4.69, 9.17) is 16.3 Å². The van der Waals surface area contributed by atoms with Gasteiger partial charge in [0.05, 0.1) is 0 Å². The van der Waals surface area contributed by atoms with Crippen LogP contribution >= 0.6 is 11.6 Å². The van der Waals surface area contributed by atoms with Crippen LogP contribution in [0.5, 0.6) is 5.88 Å². The third kappa shape index (κ3) is 4.91. The van der Waals surface area contributed by atoms with Gasteiger partial charge in [-0.15, -0.1) is 6.58 Å². The highest BCUT2D eigenvalue weighted by atomic mass is 35.5. The van der Waals surface area contributed by atoms with Crippen LogP contribution in [0.1, 0.15) is 27.2 Å². The van der Waals surface area contributed by atoms with Gasteiger partial charge in [0.15, 0.2) is 0 Å². The first kappa shape index (κ1) is 15.5. The summed E-state index contributed by atoms with van der Waals surface area (Å²) in [5.74, 6) is 0.199. The lowest BCUT2D eigenvalue weighted by Gasteiger charge is -2.34. The van der Waals surface area contributed by atoms with Gasteiger partial charge in [0.25, 0.3) is 0 Å². The zero-order valence-electron chi connectivity index (χ0n) is 11.5. The highest BCUT2D eigenvalue weighted by molar-refractivity contribution is 6.30. The van der Waals surface area contributed by atoms with E-state index in [9.17, 15) is 4.79 Å². The van der Waals surface area contributed by atoms with Crippen LogP contribution in [0.3, 0.4) is 0 Å². The number of aromatic nitrogens is 1. The number of halogens is 1. The van der Waals surface area contributed by atoms with Crippen molar-refractivity contribution in [3.05, 3.63) is 36.0 Å². The molecule has 4 nitrogen and oxygen atoms in total. The molecule has 0 aromatic carbocycles. The molecule has 0 radical (unpaired) electrons. The lowest BCUT2D eigenvalue weighted by Crippen LogP contribution is -2.47. The molecule has 1 heterocycles. The van der Waals surface area contributed by atoms with Crippen molar-refractivity contribution in [1.82, 2.24) is 9.88 Å². The van der Waals surface area contributed by atoms with Crippen LogP contribution in [0.15, 0.2) is 31.0 Å². The third-order valence-electron chi connectivity index (χ3n) is 2.48. The van der Waals surface area contributed by atoms with Gasteiger partial charge in [0.2, 0.25) is 5.88 Å². The van der Waals surface area contributed by atoms with E-state index in [0.717, 1.165) is 0 Å². The van der Waals surface area contributed by atoms with E-state index in [1.54, 1.807) is 17.0 Å². The lowest BCUT2D eigenvalue weighted by molar-refractivity contribution is 0.106. The standard InChI is InChI=1S/C14H19ClN2O2/c1-5-6-9-17(14(2,3)4)13(18)19-12-10-11(15)7-8-16-12/h5,7-8,10H,1,6,9H2,2-4H3. The molecule has 0 aliphatic heterocycles. The summed E-state index contributed by atoms with van der Waals surface area (Å²) in [5, 5.41) is 0.478. The molecule has 0 unspecified atom stereocenters. The fourth-order valence-corrected chi connectivity index (χ4v) is 1.66. The van der Waals surface area contributed by atoms with Crippen molar-refractivity contribution in [3.8, 4) is 5.88 Å². The first-order chi connectivity index (χ1) is 8.84. The van der Waals surface area contributed by atoms with Crippen LogP contribution < -0.4 is 4.74 Å². The molecule has 1 aromatic rings. The maximum Gasteiger partial charge on any atom is 0.417 e. The quantitative estimate of drug-likeness (QED) is 0.786. The Morgan fingerprint density at radius 3 is 2.79 bits per heavy atom. The number of amides is 1. The highest BCUT2D eigenvalue weighted by Gasteiger charge is 2.27. The minimum absolute atomic E-state index is 0.199. The number of rotatable bonds is 4. The Bertz CT molecular complexity index is 455. The van der Waals surface area contributed by atoms with E-state index < -0.39 is 6.09 Å². The summed E-state index contributed by atoms with van der Waals surface area (Å²) in [7, 11) is 0. The number of ether oxygens (including phenoxy) is 1. The lowest BCUT2D eigenvalue weighted by atomic mass is 10.1. The Morgan fingerprint density at radius 1 is 1.58 bits per heavy atom. The topological polar surface area (TPSA) is 42.4 Å². The molecule has 0 N–H and O–H groups in total. The van der Waals surface area contributed by atoms with Crippen molar-refractivity contribution < 1.29 is 9.53 Å². The summed E-state index contributed by atoms with van der Waals surface area (Å²) < 4.78 is 5.24. The van der Waals surface area contributed by atoms with Gasteiger partial charge in [0, 0.05) is 29.4 Å². The van der Waals surface area contributed by atoms with E-state index in [2.05, 4.69) is 11.6 Å². The Labute approximate surface area is 119 Å². The van der Waals surface area contributed by atoms with Crippen LogP contribution in [0, 0.1) is 0 Å². The first-order valence-electron chi connectivity index (χ1n) is 6.06. The SMILES string of the molecule is C=CCCN(C(=O)Oc1cc(Cl)ccn1)C(C)(C)C. The molecule has 0 aliphatic carbocycles. The second-order valence-corrected chi connectivity index (χ2v) is 5.52. The van der Waals surface area contributed by atoms with Crippen molar-refractivity contribution in [2.75, 3.05) is 6.54 Å². The van der Waals surface area contributed by atoms with Crippen LogP contribution in [0.4, 0.5) is 4.79 Å². The minimum Gasteiger partial charge on any atom is -0.391 e. The van der Waals surface area contributed by atoms with Crippen molar-refractivity contribution in [2.24, 2.45) is 0 Å². The number of hydrogen-bond donors (Lipinski definition) is 0. The largest absolute Gasteiger partial charge is 0.417 e. The Morgan fingerprint density at radius 2 is 2.26 bits per heavy atom. The first-order valence-corrected chi connectivity index (χ1v) is 6.44. The molecular formula is C14H19ClN2O2. The van der Waals surface area contributed by atoms with Gasteiger partial charge in [-0.1, -0.05) is 17.7 Å². The number of pyridine rings is 1. The fraction of sp³-hybridized carbons (Fsp3) is 0.429. The minimum atomic E-state index is -0.441. The Kier molecular flexibility index (Phi) is 5.36. The summed E-state index contributed by atoms with van der Waals surface area (Å²) in [6, 6.07) is 3.13. The van der Waals surface area contributed by atoms with Crippen LogP contribution in [-0.2, 0) is 0 Å². The average molecular weight is 283 g/mol. The van der Waals surface area contributed by atoms with Crippen LogP contribution in [0.2, 0.25) is 5.02 Å². The predicted octanol–water partition coefficient (Wildman–Crippen LogP) is 3.91. The molecule has 19 heavy (non-hydrogen) atoms. The maximum atomic E-state index is 12.2. The molecule has 0 saturated carbocycles. The molecule has 0 aliphatic rings. The zero-order chi connectivity index (χ0) is 14.5. The van der Waals surface area contributed by atoms with Crippen LogP contribution in [0.25, 0.3) is 0 Å². The van der Waals surface area contributed by atoms with E-state index in [-0.39, 0.29) is 11.4 Å². The summed E-state index contributed by atoms with van der Waals surface area (Å²) in [6.07, 6.45) is 3.53. The average Bonchev–Trinajstić information content (AvgIpc) is 2.27. The van der Waals surface area contributed by atoms with E-state index >= 15 is 0 Å². The molecule has 0 spiro atoms. The van der Waals surface area contributed by atoms with Gasteiger partial charge in [-0.3, -0.25) is 0 Å². The fourth-order valence-electron chi connectivity index (χ4n) is 1.51. The summed E-state index contributed by atoms with van der Waals surface area (Å²) in [5.41, 5.74) is -0.335. The molecule has 0 saturated heterocycles. The molecule has 1 rings (SSSR count). The monoisotopic (exact) mass is 282 g/mol. The summed E-state index contributed by atoms with van der Waals surface area (Å²) in [6.45, 7) is 10.1. The highest BCUT2D eigenvalue weighted by Crippen LogP contribution is 2.19. The van der Waals surface area contributed by atoms with Crippen LogP contribution in [-0.4, -0.2) is 28.1 Å². The molecule has 0 fully saturated rings. The normalized spacial score (nSPS) is 10.9. The number of carbonyl (C=O) groups excluding carboxylic acids is 1. The number of nitrogens with zero attached hydrogens (tertiary/aromatic N) is 2. The molecule has 1 amide bonds. The number of carbonyl (C=O) groups is 1. The summed E-state index contributed by atoms with van der Waals surface area (Å²) >= 11 is 5.82. The van der Waals surface area contributed by atoms with Gasteiger partial charge in [0.1, 0.15) is 0 Å². The van der Waals surface area contributed by atoms with Crippen molar-refractivity contribution in [3.63, 3.8) is 0 Å². The van der Waals surface area contributed by atoms with E-state index in [1.807, 2.05) is 20.8 Å². The Hall–Kier alpha value is -1.55. The predicted molar refractivity (Wildman–Crippen MR) is 76.5 cm³/mol.